The molecule has 1 amide bonds. The molecule has 122 valence electrons. The van der Waals surface area contributed by atoms with Crippen LogP contribution in [0.3, 0.4) is 0 Å². The molecule has 0 bridgehead atoms. The largest absolute Gasteiger partial charge is 0.372 e. The number of benzene rings is 2. The summed E-state index contributed by atoms with van der Waals surface area (Å²) >= 11 is 0. The second-order valence-corrected chi connectivity index (χ2v) is 6.57. The van der Waals surface area contributed by atoms with Gasteiger partial charge in [0.15, 0.2) is 5.78 Å². The van der Waals surface area contributed by atoms with Crippen LogP contribution in [-0.2, 0) is 4.74 Å². The van der Waals surface area contributed by atoms with Crippen molar-refractivity contribution >= 4 is 11.7 Å². The van der Waals surface area contributed by atoms with E-state index >= 15 is 0 Å². The van der Waals surface area contributed by atoms with Gasteiger partial charge in [-0.3, -0.25) is 9.59 Å². The number of amides is 1. The van der Waals surface area contributed by atoms with Gasteiger partial charge in [-0.1, -0.05) is 36.4 Å². The Bertz CT molecular complexity index is 833. The zero-order valence-electron chi connectivity index (χ0n) is 13.8. The molecule has 1 aliphatic carbocycles. The molecule has 2 aliphatic rings. The van der Waals surface area contributed by atoms with E-state index in [2.05, 4.69) is 0 Å². The number of carbonyl (C=O) groups excluding carboxylic acids is 2. The van der Waals surface area contributed by atoms with Gasteiger partial charge in [0.25, 0.3) is 5.91 Å². The highest BCUT2D eigenvalue weighted by atomic mass is 16.5. The Labute approximate surface area is 141 Å². The predicted octanol–water partition coefficient (Wildman–Crippen LogP) is 3.15. The maximum absolute atomic E-state index is 13.1. The molecule has 0 aromatic heterocycles. The number of rotatable bonds is 1. The third kappa shape index (κ3) is 2.26. The molecule has 0 spiro atoms. The Morgan fingerprint density at radius 1 is 0.958 bits per heavy atom. The van der Waals surface area contributed by atoms with Gasteiger partial charge in [0, 0.05) is 35.3 Å². The summed E-state index contributed by atoms with van der Waals surface area (Å²) in [6.07, 6.45) is 0.0340. The van der Waals surface area contributed by atoms with E-state index < -0.39 is 0 Å². The van der Waals surface area contributed by atoms with E-state index in [0.29, 0.717) is 29.8 Å². The van der Waals surface area contributed by atoms with Crippen LogP contribution < -0.4 is 0 Å². The van der Waals surface area contributed by atoms with Gasteiger partial charge in [-0.25, -0.2) is 0 Å². The van der Waals surface area contributed by atoms with Crippen molar-refractivity contribution < 1.29 is 14.3 Å². The Morgan fingerprint density at radius 2 is 1.58 bits per heavy atom. The van der Waals surface area contributed by atoms with E-state index in [1.54, 1.807) is 12.1 Å². The number of ketones is 1. The van der Waals surface area contributed by atoms with E-state index in [1.807, 2.05) is 49.1 Å². The summed E-state index contributed by atoms with van der Waals surface area (Å²) in [6.45, 7) is 5.10. The summed E-state index contributed by atoms with van der Waals surface area (Å²) < 4.78 is 5.72. The lowest BCUT2D eigenvalue weighted by Gasteiger charge is -2.35. The van der Waals surface area contributed by atoms with Crippen LogP contribution in [0.15, 0.2) is 42.5 Å². The lowest BCUT2D eigenvalue weighted by molar-refractivity contribution is -0.0586. The van der Waals surface area contributed by atoms with Gasteiger partial charge >= 0.3 is 0 Å². The van der Waals surface area contributed by atoms with Crippen molar-refractivity contribution in [1.29, 1.82) is 0 Å². The van der Waals surface area contributed by atoms with Crippen LogP contribution in [0.4, 0.5) is 0 Å². The highest BCUT2D eigenvalue weighted by Gasteiger charge is 2.33. The topological polar surface area (TPSA) is 46.6 Å². The number of hydrogen-bond donors (Lipinski definition) is 0. The molecule has 1 aliphatic heterocycles. The number of nitrogens with zero attached hydrogens (tertiary/aromatic N) is 1. The van der Waals surface area contributed by atoms with Crippen molar-refractivity contribution in [3.63, 3.8) is 0 Å². The first-order valence-corrected chi connectivity index (χ1v) is 8.28. The molecule has 0 N–H and O–H groups in total. The van der Waals surface area contributed by atoms with E-state index in [9.17, 15) is 9.59 Å². The maximum Gasteiger partial charge on any atom is 0.254 e. The van der Waals surface area contributed by atoms with E-state index in [1.165, 1.54) is 0 Å². The molecule has 0 saturated carbocycles. The van der Waals surface area contributed by atoms with Crippen molar-refractivity contribution in [2.75, 3.05) is 13.1 Å². The van der Waals surface area contributed by atoms with Crippen molar-refractivity contribution in [2.45, 2.75) is 26.1 Å². The summed E-state index contributed by atoms with van der Waals surface area (Å²) in [5.74, 6) is -0.0303. The van der Waals surface area contributed by atoms with Crippen LogP contribution in [0.5, 0.6) is 0 Å². The Morgan fingerprint density at radius 3 is 2.29 bits per heavy atom. The number of carbonyl (C=O) groups is 2. The van der Waals surface area contributed by atoms with Crippen LogP contribution in [0.2, 0.25) is 0 Å². The average molecular weight is 321 g/mol. The van der Waals surface area contributed by atoms with Gasteiger partial charge in [0.05, 0.1) is 12.2 Å². The van der Waals surface area contributed by atoms with Crippen molar-refractivity contribution in [3.8, 4) is 11.1 Å². The fraction of sp³-hybridized carbons (Fsp3) is 0.300. The lowest BCUT2D eigenvalue weighted by Crippen LogP contribution is -2.48. The lowest BCUT2D eigenvalue weighted by atomic mass is 9.98. The zero-order chi connectivity index (χ0) is 16.8. The molecule has 2 atom stereocenters. The Balaban J connectivity index is 1.80. The van der Waals surface area contributed by atoms with Gasteiger partial charge in [-0.05, 0) is 25.5 Å². The molecular formula is C20H19NO3. The van der Waals surface area contributed by atoms with Crippen molar-refractivity contribution in [2.24, 2.45) is 0 Å². The molecule has 1 fully saturated rings. The monoisotopic (exact) mass is 321 g/mol. The molecule has 4 rings (SSSR count). The molecule has 1 saturated heterocycles. The first-order valence-electron chi connectivity index (χ1n) is 8.28. The van der Waals surface area contributed by atoms with E-state index in [0.717, 1.165) is 11.1 Å². The van der Waals surface area contributed by atoms with Crippen LogP contribution in [-0.4, -0.2) is 41.9 Å². The fourth-order valence-electron chi connectivity index (χ4n) is 3.77. The molecule has 4 heteroatoms. The number of ether oxygens (including phenoxy) is 1. The van der Waals surface area contributed by atoms with Crippen molar-refractivity contribution in [3.05, 3.63) is 59.2 Å². The third-order valence-electron chi connectivity index (χ3n) is 4.69. The number of fused-ring (bicyclic) bond motifs is 3. The maximum atomic E-state index is 13.1. The first kappa shape index (κ1) is 15.1. The standard InChI is InChI=1S/C20H19NO3/c1-12-10-21(11-13(2)24-12)20(23)17-9-5-8-16-18(17)14-6-3-4-7-15(14)19(16)22/h3-9,12-13H,10-11H2,1-2H3/t12-,13+. The molecule has 1 heterocycles. The number of morpholine rings is 1. The quantitative estimate of drug-likeness (QED) is 0.692. The minimum Gasteiger partial charge on any atom is -0.372 e. The van der Waals surface area contributed by atoms with Crippen LogP contribution in [0, 0.1) is 0 Å². The Hall–Kier alpha value is -2.46. The average Bonchev–Trinajstić information content (AvgIpc) is 2.87. The van der Waals surface area contributed by atoms with Gasteiger partial charge < -0.3 is 9.64 Å². The smallest absolute Gasteiger partial charge is 0.254 e. The zero-order valence-corrected chi connectivity index (χ0v) is 13.8. The minimum atomic E-state index is -0.0293. The second kappa shape index (κ2) is 5.56. The number of hydrogen-bond acceptors (Lipinski definition) is 3. The van der Waals surface area contributed by atoms with Crippen molar-refractivity contribution in [1.82, 2.24) is 4.90 Å². The van der Waals surface area contributed by atoms with Gasteiger partial charge in [0.2, 0.25) is 0 Å². The summed E-state index contributed by atoms with van der Waals surface area (Å²) in [6, 6.07) is 12.9. The minimum absolute atomic E-state index is 0.000960. The summed E-state index contributed by atoms with van der Waals surface area (Å²) in [4.78, 5) is 27.6. The first-order chi connectivity index (χ1) is 11.6. The molecular weight excluding hydrogens is 302 g/mol. The molecule has 24 heavy (non-hydrogen) atoms. The van der Waals surface area contributed by atoms with Crippen LogP contribution in [0.1, 0.15) is 40.1 Å². The molecule has 0 radical (unpaired) electrons. The summed E-state index contributed by atoms with van der Waals surface area (Å²) in [5, 5.41) is 0. The highest BCUT2D eigenvalue weighted by Crippen LogP contribution is 2.39. The van der Waals surface area contributed by atoms with Crippen LogP contribution in [0.25, 0.3) is 11.1 Å². The Kier molecular flexibility index (Phi) is 3.50. The SMILES string of the molecule is C[C@@H]1CN(C(=O)c2cccc3c2-c2ccccc2C3=O)C[C@H](C)O1. The van der Waals surface area contributed by atoms with Gasteiger partial charge in [-0.15, -0.1) is 0 Å². The molecule has 4 nitrogen and oxygen atoms in total. The molecule has 2 aromatic carbocycles. The van der Waals surface area contributed by atoms with E-state index in [-0.39, 0.29) is 23.9 Å². The fourth-order valence-corrected chi connectivity index (χ4v) is 3.77. The normalized spacial score (nSPS) is 22.2. The van der Waals surface area contributed by atoms with E-state index in [4.69, 9.17) is 4.74 Å². The molecule has 0 unspecified atom stereocenters. The summed E-state index contributed by atoms with van der Waals surface area (Å²) in [7, 11) is 0. The predicted molar refractivity (Wildman–Crippen MR) is 91.2 cm³/mol. The third-order valence-corrected chi connectivity index (χ3v) is 4.69. The molecule has 2 aromatic rings. The van der Waals surface area contributed by atoms with Gasteiger partial charge in [0.1, 0.15) is 0 Å². The van der Waals surface area contributed by atoms with Crippen LogP contribution >= 0.6 is 0 Å². The summed E-state index contributed by atoms with van der Waals surface area (Å²) in [5.41, 5.74) is 3.53. The van der Waals surface area contributed by atoms with Gasteiger partial charge in [-0.2, -0.15) is 0 Å². The second-order valence-electron chi connectivity index (χ2n) is 6.57. The highest BCUT2D eigenvalue weighted by molar-refractivity contribution is 6.24.